The van der Waals surface area contributed by atoms with Gasteiger partial charge in [-0.15, -0.1) is 0 Å². The van der Waals surface area contributed by atoms with E-state index in [2.05, 4.69) is 59.0 Å². The molecule has 1 heterocycles. The molecule has 0 amide bonds. The fraction of sp³-hybridized carbons (Fsp3) is 0.588. The van der Waals surface area contributed by atoms with Crippen LogP contribution in [0.3, 0.4) is 0 Å². The molecule has 1 atom stereocenters. The van der Waals surface area contributed by atoms with Gasteiger partial charge in [-0.2, -0.15) is 0 Å². The summed E-state index contributed by atoms with van der Waals surface area (Å²) in [5.74, 6) is 1.15. The van der Waals surface area contributed by atoms with Crippen molar-refractivity contribution in [2.45, 2.75) is 54.0 Å². The summed E-state index contributed by atoms with van der Waals surface area (Å²) >= 11 is 1.84. The summed E-state index contributed by atoms with van der Waals surface area (Å²) in [6, 6.07) is 4.87. The van der Waals surface area contributed by atoms with Gasteiger partial charge < -0.3 is 5.32 Å². The van der Waals surface area contributed by atoms with Crippen LogP contribution in [0.5, 0.6) is 0 Å². The largest absolute Gasteiger partial charge is 0.335 e. The van der Waals surface area contributed by atoms with Gasteiger partial charge in [-0.05, 0) is 43.7 Å². The van der Waals surface area contributed by atoms with Gasteiger partial charge in [-0.1, -0.05) is 50.2 Å². The minimum Gasteiger partial charge on any atom is -0.335 e. The maximum Gasteiger partial charge on any atom is 0.161 e. The van der Waals surface area contributed by atoms with E-state index in [9.17, 15) is 0 Å². The fourth-order valence-corrected chi connectivity index (χ4v) is 3.60. The van der Waals surface area contributed by atoms with Gasteiger partial charge in [0, 0.05) is 11.4 Å². The lowest BCUT2D eigenvalue weighted by atomic mass is 9.85. The van der Waals surface area contributed by atoms with Gasteiger partial charge in [0.1, 0.15) is 0 Å². The molecule has 1 aliphatic heterocycles. The topological polar surface area (TPSA) is 24.4 Å². The Labute approximate surface area is 127 Å². The van der Waals surface area contributed by atoms with Crippen molar-refractivity contribution in [1.82, 2.24) is 0 Å². The number of aryl methyl sites for hydroxylation is 3. The summed E-state index contributed by atoms with van der Waals surface area (Å²) in [4.78, 5) is 4.92. The van der Waals surface area contributed by atoms with E-state index >= 15 is 0 Å². The van der Waals surface area contributed by atoms with E-state index in [4.69, 9.17) is 4.99 Å². The molecule has 1 N–H and O–H groups in total. The van der Waals surface area contributed by atoms with Crippen LogP contribution in [0.1, 0.15) is 43.9 Å². The van der Waals surface area contributed by atoms with Crippen molar-refractivity contribution in [3.63, 3.8) is 0 Å². The highest BCUT2D eigenvalue weighted by Crippen LogP contribution is 2.32. The van der Waals surface area contributed by atoms with Crippen LogP contribution in [0.4, 0.5) is 5.69 Å². The molecular formula is C17H26N2S. The zero-order valence-electron chi connectivity index (χ0n) is 13.5. The third kappa shape index (κ3) is 3.57. The highest BCUT2D eigenvalue weighted by Gasteiger charge is 2.27. The van der Waals surface area contributed by atoms with Crippen molar-refractivity contribution < 1.29 is 0 Å². The molecule has 0 saturated carbocycles. The van der Waals surface area contributed by atoms with E-state index in [1.54, 1.807) is 0 Å². The Morgan fingerprint density at radius 3 is 2.30 bits per heavy atom. The van der Waals surface area contributed by atoms with Crippen LogP contribution in [0.25, 0.3) is 0 Å². The SMILES string of the molecule is Cc1cc(C)c(NC2=NC(C(C)(C)C)CCS2)c(C)c1. The monoisotopic (exact) mass is 290 g/mol. The molecule has 0 aliphatic carbocycles. The number of rotatable bonds is 1. The van der Waals surface area contributed by atoms with Crippen LogP contribution in [0.2, 0.25) is 0 Å². The van der Waals surface area contributed by atoms with Crippen molar-refractivity contribution in [3.05, 3.63) is 28.8 Å². The quantitative estimate of drug-likeness (QED) is 0.793. The Morgan fingerprint density at radius 2 is 1.75 bits per heavy atom. The first-order valence-corrected chi connectivity index (χ1v) is 8.31. The van der Waals surface area contributed by atoms with Gasteiger partial charge in [-0.3, -0.25) is 4.99 Å². The Balaban J connectivity index is 2.24. The molecule has 1 aromatic rings. The minimum atomic E-state index is 0.241. The van der Waals surface area contributed by atoms with Gasteiger partial charge in [0.05, 0.1) is 6.04 Å². The second-order valence-corrected chi connectivity index (χ2v) is 7.94. The number of anilines is 1. The summed E-state index contributed by atoms with van der Waals surface area (Å²) in [5.41, 5.74) is 5.37. The maximum atomic E-state index is 4.92. The molecule has 1 aromatic carbocycles. The molecule has 1 unspecified atom stereocenters. The Morgan fingerprint density at radius 1 is 1.15 bits per heavy atom. The normalized spacial score (nSPS) is 19.7. The lowest BCUT2D eigenvalue weighted by Gasteiger charge is -2.31. The summed E-state index contributed by atoms with van der Waals surface area (Å²) in [5, 5.41) is 4.63. The average molecular weight is 290 g/mol. The van der Waals surface area contributed by atoms with Crippen LogP contribution in [0, 0.1) is 26.2 Å². The summed E-state index contributed by atoms with van der Waals surface area (Å²) in [6.45, 7) is 13.3. The van der Waals surface area contributed by atoms with E-state index in [1.165, 1.54) is 28.8 Å². The molecule has 1 aliphatic rings. The lowest BCUT2D eigenvalue weighted by Crippen LogP contribution is -2.30. The van der Waals surface area contributed by atoms with E-state index in [-0.39, 0.29) is 5.41 Å². The average Bonchev–Trinajstić information content (AvgIpc) is 2.33. The first kappa shape index (κ1) is 15.4. The van der Waals surface area contributed by atoms with Gasteiger partial charge >= 0.3 is 0 Å². The highest BCUT2D eigenvalue weighted by molar-refractivity contribution is 8.14. The third-order valence-electron chi connectivity index (χ3n) is 3.81. The molecule has 0 spiro atoms. The molecule has 2 nitrogen and oxygen atoms in total. The van der Waals surface area contributed by atoms with E-state index < -0.39 is 0 Å². The van der Waals surface area contributed by atoms with Crippen molar-refractivity contribution in [1.29, 1.82) is 0 Å². The summed E-state index contributed by atoms with van der Waals surface area (Å²) in [6.07, 6.45) is 1.17. The molecule has 0 bridgehead atoms. The highest BCUT2D eigenvalue weighted by atomic mass is 32.2. The number of hydrogen-bond acceptors (Lipinski definition) is 3. The first-order valence-electron chi connectivity index (χ1n) is 7.33. The van der Waals surface area contributed by atoms with Crippen LogP contribution in [0.15, 0.2) is 17.1 Å². The number of amidine groups is 1. The van der Waals surface area contributed by atoms with Crippen molar-refractivity contribution in [2.24, 2.45) is 10.4 Å². The molecule has 0 radical (unpaired) electrons. The number of thioether (sulfide) groups is 1. The molecule has 3 heteroatoms. The molecule has 0 saturated heterocycles. The standard InChI is InChI=1S/C17H26N2S/c1-11-9-12(2)15(13(3)10-11)19-16-18-14(7-8-20-16)17(4,5)6/h9-10,14H,7-8H2,1-6H3,(H,18,19). The van der Waals surface area contributed by atoms with E-state index in [0.29, 0.717) is 6.04 Å². The number of nitrogens with one attached hydrogen (secondary N) is 1. The van der Waals surface area contributed by atoms with E-state index in [1.807, 2.05) is 11.8 Å². The second kappa shape index (κ2) is 5.80. The van der Waals surface area contributed by atoms with Crippen LogP contribution in [-0.2, 0) is 0 Å². The number of nitrogens with zero attached hydrogens (tertiary/aromatic N) is 1. The van der Waals surface area contributed by atoms with Crippen LogP contribution < -0.4 is 5.32 Å². The molecule has 0 fully saturated rings. The van der Waals surface area contributed by atoms with Crippen LogP contribution in [-0.4, -0.2) is 17.0 Å². The predicted molar refractivity (Wildman–Crippen MR) is 92.0 cm³/mol. The van der Waals surface area contributed by atoms with Gasteiger partial charge in [0.25, 0.3) is 0 Å². The summed E-state index contributed by atoms with van der Waals surface area (Å²) < 4.78 is 0. The lowest BCUT2D eigenvalue weighted by molar-refractivity contribution is 0.316. The third-order valence-corrected chi connectivity index (χ3v) is 4.73. The Bertz CT molecular complexity index is 503. The van der Waals surface area contributed by atoms with Gasteiger partial charge in [0.15, 0.2) is 5.17 Å². The Hall–Kier alpha value is -0.960. The fourth-order valence-electron chi connectivity index (χ4n) is 2.69. The first-order chi connectivity index (χ1) is 9.27. The van der Waals surface area contributed by atoms with Gasteiger partial charge in [0.2, 0.25) is 0 Å². The van der Waals surface area contributed by atoms with Crippen molar-refractivity contribution >= 4 is 22.6 Å². The molecule has 20 heavy (non-hydrogen) atoms. The van der Waals surface area contributed by atoms with Crippen LogP contribution >= 0.6 is 11.8 Å². The number of benzene rings is 1. The predicted octanol–water partition coefficient (Wildman–Crippen LogP) is 4.93. The zero-order valence-corrected chi connectivity index (χ0v) is 14.3. The smallest absolute Gasteiger partial charge is 0.161 e. The maximum absolute atomic E-state index is 4.92. The minimum absolute atomic E-state index is 0.241. The molecule has 2 rings (SSSR count). The molecule has 0 aromatic heterocycles. The van der Waals surface area contributed by atoms with E-state index in [0.717, 1.165) is 10.9 Å². The van der Waals surface area contributed by atoms with Crippen molar-refractivity contribution in [3.8, 4) is 0 Å². The summed E-state index contributed by atoms with van der Waals surface area (Å²) in [7, 11) is 0. The number of hydrogen-bond donors (Lipinski definition) is 1. The molecule has 110 valence electrons. The Kier molecular flexibility index (Phi) is 4.48. The zero-order chi connectivity index (χ0) is 14.9. The number of aliphatic imine (C=N–C) groups is 1. The van der Waals surface area contributed by atoms with Gasteiger partial charge in [-0.25, -0.2) is 0 Å². The second-order valence-electron chi connectivity index (χ2n) is 6.85. The van der Waals surface area contributed by atoms with Crippen molar-refractivity contribution in [2.75, 3.05) is 11.1 Å². The molecular weight excluding hydrogens is 264 g/mol.